The maximum atomic E-state index is 13.8. The van der Waals surface area contributed by atoms with Gasteiger partial charge in [0.1, 0.15) is 17.2 Å². The molecule has 2 aromatic carbocycles. The maximum Gasteiger partial charge on any atom is 0.417 e. The number of carboxylic acid groups (broad SMARTS) is 1. The Hall–Kier alpha value is -4.34. The molecule has 0 unspecified atom stereocenters. The molecule has 2 saturated carbocycles. The van der Waals surface area contributed by atoms with Crippen molar-refractivity contribution in [2.24, 2.45) is 11.3 Å². The smallest absolute Gasteiger partial charge is 0.417 e. The van der Waals surface area contributed by atoms with E-state index >= 15 is 0 Å². The average molecular weight is 576 g/mol. The van der Waals surface area contributed by atoms with Crippen molar-refractivity contribution in [2.75, 3.05) is 25.1 Å². The third-order valence-corrected chi connectivity index (χ3v) is 8.73. The molecule has 3 fully saturated rings. The number of benzene rings is 2. The van der Waals surface area contributed by atoms with Gasteiger partial charge in [0.05, 0.1) is 18.2 Å². The number of carbonyl (C=O) groups is 1. The molecule has 1 aliphatic heterocycles. The molecule has 2 aliphatic carbocycles. The van der Waals surface area contributed by atoms with Crippen LogP contribution in [0.15, 0.2) is 59.1 Å². The minimum Gasteiger partial charge on any atom is -0.496 e. The van der Waals surface area contributed by atoms with E-state index in [0.717, 1.165) is 55.9 Å². The van der Waals surface area contributed by atoms with Gasteiger partial charge in [-0.3, -0.25) is 0 Å². The third-order valence-electron chi connectivity index (χ3n) is 8.73. The minimum atomic E-state index is -4.49. The molecule has 42 heavy (non-hydrogen) atoms. The van der Waals surface area contributed by atoms with Crippen molar-refractivity contribution in [1.29, 1.82) is 0 Å². The zero-order valence-electron chi connectivity index (χ0n) is 22.8. The van der Waals surface area contributed by atoms with Gasteiger partial charge in [0.2, 0.25) is 0 Å². The number of fused-ring (bicyclic) bond motifs is 1. The number of hydrogen-bond donors (Lipinski definition) is 1. The van der Waals surface area contributed by atoms with Crippen molar-refractivity contribution in [1.82, 2.24) is 10.1 Å². The van der Waals surface area contributed by atoms with Gasteiger partial charge in [0.25, 0.3) is 0 Å². The summed E-state index contributed by atoms with van der Waals surface area (Å²) < 4.78 is 52.3. The highest BCUT2D eigenvalue weighted by Gasteiger charge is 2.51. The topological polar surface area (TPSA) is 88.7 Å². The van der Waals surface area contributed by atoms with Crippen molar-refractivity contribution in [3.8, 4) is 17.0 Å². The second kappa shape index (κ2) is 9.61. The normalized spacial score (nSPS) is 18.4. The van der Waals surface area contributed by atoms with Crippen molar-refractivity contribution < 1.29 is 32.3 Å². The van der Waals surface area contributed by atoms with Crippen LogP contribution in [0, 0.1) is 11.3 Å². The fraction of sp³-hybridized carbons (Fsp3) is 0.344. The number of anilines is 1. The molecule has 0 atom stereocenters. The van der Waals surface area contributed by atoms with Gasteiger partial charge >= 0.3 is 12.1 Å². The number of alkyl halides is 3. The number of allylic oxidation sites excluding steroid dienone is 1. The summed E-state index contributed by atoms with van der Waals surface area (Å²) >= 11 is 0. The van der Waals surface area contributed by atoms with Gasteiger partial charge in [-0.2, -0.15) is 13.2 Å². The molecule has 3 aliphatic rings. The molecule has 0 amide bonds. The molecule has 216 valence electrons. The number of aromatic nitrogens is 2. The molecule has 2 aromatic heterocycles. The van der Waals surface area contributed by atoms with Crippen LogP contribution in [0.25, 0.3) is 28.2 Å². The Labute approximate surface area is 239 Å². The van der Waals surface area contributed by atoms with E-state index in [-0.39, 0.29) is 28.3 Å². The molecule has 7 rings (SSSR count). The van der Waals surface area contributed by atoms with E-state index in [1.165, 1.54) is 25.3 Å². The van der Waals surface area contributed by atoms with Crippen LogP contribution in [0.1, 0.15) is 59.0 Å². The number of pyridine rings is 1. The molecule has 0 bridgehead atoms. The number of rotatable bonds is 7. The van der Waals surface area contributed by atoms with Crippen LogP contribution >= 0.6 is 0 Å². The average Bonchev–Trinajstić information content (AvgIpc) is 3.69. The first-order valence-electron chi connectivity index (χ1n) is 14.0. The Balaban J connectivity index is 1.06. The van der Waals surface area contributed by atoms with E-state index in [9.17, 15) is 23.1 Å². The first-order chi connectivity index (χ1) is 20.1. The number of carboxylic acids is 1. The summed E-state index contributed by atoms with van der Waals surface area (Å²) in [6.07, 6.45) is 3.46. The van der Waals surface area contributed by atoms with Gasteiger partial charge in [0, 0.05) is 52.7 Å². The molecular formula is C32H28F3N3O4. The highest BCUT2D eigenvalue weighted by Crippen LogP contribution is 2.54. The van der Waals surface area contributed by atoms with Crippen LogP contribution in [-0.4, -0.2) is 41.4 Å². The quantitative estimate of drug-likeness (QED) is 0.245. The van der Waals surface area contributed by atoms with E-state index in [1.807, 2.05) is 24.3 Å². The van der Waals surface area contributed by atoms with Crippen molar-refractivity contribution in [3.63, 3.8) is 0 Å². The summed E-state index contributed by atoms with van der Waals surface area (Å²) in [7, 11) is 1.51. The van der Waals surface area contributed by atoms with Crippen LogP contribution in [0.2, 0.25) is 0 Å². The lowest BCUT2D eigenvalue weighted by molar-refractivity contribution is -0.137. The van der Waals surface area contributed by atoms with Crippen LogP contribution < -0.4 is 9.64 Å². The lowest BCUT2D eigenvalue weighted by atomic mass is 9.57. The van der Waals surface area contributed by atoms with Gasteiger partial charge in [0.15, 0.2) is 5.69 Å². The molecular weight excluding hydrogens is 547 g/mol. The summed E-state index contributed by atoms with van der Waals surface area (Å²) in [6.45, 7) is 1.80. The molecule has 1 N–H and O–H groups in total. The molecule has 0 radical (unpaired) electrons. The van der Waals surface area contributed by atoms with E-state index in [2.05, 4.69) is 21.1 Å². The van der Waals surface area contributed by atoms with Crippen molar-refractivity contribution >= 4 is 28.6 Å². The predicted molar refractivity (Wildman–Crippen MR) is 151 cm³/mol. The highest BCUT2D eigenvalue weighted by molar-refractivity contribution is 5.94. The van der Waals surface area contributed by atoms with E-state index < -0.39 is 17.7 Å². The van der Waals surface area contributed by atoms with Crippen LogP contribution in [0.3, 0.4) is 0 Å². The van der Waals surface area contributed by atoms with Crippen LogP contribution in [0.5, 0.6) is 5.75 Å². The summed E-state index contributed by atoms with van der Waals surface area (Å²) in [5.74, 6) is 0.588. The summed E-state index contributed by atoms with van der Waals surface area (Å²) in [6, 6.07) is 12.7. The first kappa shape index (κ1) is 26.6. The predicted octanol–water partition coefficient (Wildman–Crippen LogP) is 7.42. The Morgan fingerprint density at radius 1 is 1.14 bits per heavy atom. The molecule has 3 heterocycles. The van der Waals surface area contributed by atoms with E-state index in [1.54, 1.807) is 6.07 Å². The van der Waals surface area contributed by atoms with Crippen molar-refractivity contribution in [3.05, 3.63) is 77.2 Å². The minimum absolute atomic E-state index is 0.0430. The number of aromatic carboxylic acids is 1. The second-order valence-corrected chi connectivity index (χ2v) is 11.7. The maximum absolute atomic E-state index is 13.8. The summed E-state index contributed by atoms with van der Waals surface area (Å²) in [5, 5.41) is 14.2. The number of methoxy groups -OCH3 is 1. The molecule has 7 nitrogen and oxygen atoms in total. The van der Waals surface area contributed by atoms with Crippen LogP contribution in [-0.2, 0) is 6.18 Å². The molecule has 4 aromatic rings. The monoisotopic (exact) mass is 575 g/mol. The Kier molecular flexibility index (Phi) is 6.07. The lowest BCUT2D eigenvalue weighted by Crippen LogP contribution is -2.62. The molecule has 1 saturated heterocycles. The fourth-order valence-corrected chi connectivity index (χ4v) is 6.53. The van der Waals surface area contributed by atoms with E-state index in [0.29, 0.717) is 28.5 Å². The third kappa shape index (κ3) is 4.59. The number of nitrogens with zero attached hydrogens (tertiary/aromatic N) is 3. The van der Waals surface area contributed by atoms with Gasteiger partial charge in [-0.15, -0.1) is 0 Å². The zero-order valence-corrected chi connectivity index (χ0v) is 22.8. The largest absolute Gasteiger partial charge is 0.496 e. The summed E-state index contributed by atoms with van der Waals surface area (Å²) in [4.78, 5) is 17.9. The zero-order chi connectivity index (χ0) is 29.2. The van der Waals surface area contributed by atoms with Crippen LogP contribution in [0.4, 0.5) is 18.9 Å². The highest BCUT2D eigenvalue weighted by atomic mass is 19.4. The van der Waals surface area contributed by atoms with Gasteiger partial charge < -0.3 is 19.3 Å². The van der Waals surface area contributed by atoms with Gasteiger partial charge in [-0.1, -0.05) is 35.5 Å². The van der Waals surface area contributed by atoms with Crippen molar-refractivity contribution in [2.45, 2.75) is 37.8 Å². The number of halogens is 3. The Morgan fingerprint density at radius 3 is 2.60 bits per heavy atom. The van der Waals surface area contributed by atoms with Gasteiger partial charge in [-0.05, 0) is 55.9 Å². The second-order valence-electron chi connectivity index (χ2n) is 11.7. The standard InChI is InChI=1S/C32H28F3N3O4/c1-41-27-13-26(30(39)40)36-25-11-9-20(12-23(25)27)38-16-31(17-38)14-18(15-31)6-10-22-28(37-42-29(22)19-7-8-19)21-4-2-3-5-24(21)32(33,34)35/h2-6,9-13,18-19H,7-8,14-17H2,1H3,(H,39,40). The SMILES string of the molecule is COc1cc(C(=O)O)nc2ccc(N3CC4(CC(C=Cc5c(-c6ccccc6C(F)(F)F)noc5C5CC5)C4)C3)cc12. The van der Waals surface area contributed by atoms with E-state index in [4.69, 9.17) is 9.26 Å². The first-order valence-corrected chi connectivity index (χ1v) is 14.0. The Morgan fingerprint density at radius 2 is 1.90 bits per heavy atom. The molecule has 10 heteroatoms. The fourth-order valence-electron chi connectivity index (χ4n) is 6.53. The van der Waals surface area contributed by atoms with Gasteiger partial charge in [-0.25, -0.2) is 9.78 Å². The lowest BCUT2D eigenvalue weighted by Gasteiger charge is -2.59. The number of ether oxygens (including phenoxy) is 1. The number of hydrogen-bond acceptors (Lipinski definition) is 6. The Bertz CT molecular complexity index is 1730. The summed E-state index contributed by atoms with van der Waals surface area (Å²) in [5.41, 5.74) is 1.99. The molecule has 1 spiro atoms.